The van der Waals surface area contributed by atoms with Gasteiger partial charge < -0.3 is 20.1 Å². The molecule has 6 nitrogen and oxygen atoms in total. The molecule has 0 saturated heterocycles. The number of hydrogen-bond acceptors (Lipinski definition) is 3. The lowest BCUT2D eigenvalue weighted by Gasteiger charge is -2.40. The zero-order chi connectivity index (χ0) is 12.9. The zero-order valence-corrected chi connectivity index (χ0v) is 10.4. The number of urea groups is 1. The molecular formula is C11H20N2O4. The number of carbonyl (C=O) groups excluding carboxylic acids is 1. The SMILES string of the molecule is COCCN(CC(=O)O)C(=O)NC1(C)CCC1. The maximum atomic E-state index is 11.9. The second-order valence-electron chi connectivity index (χ2n) is 4.65. The molecule has 0 aromatic carbocycles. The van der Waals surface area contributed by atoms with Crippen molar-refractivity contribution in [3.63, 3.8) is 0 Å². The molecule has 0 aromatic rings. The van der Waals surface area contributed by atoms with Crippen LogP contribution in [-0.2, 0) is 9.53 Å². The molecule has 0 atom stereocenters. The molecule has 1 fully saturated rings. The average Bonchev–Trinajstić information content (AvgIpc) is 2.21. The van der Waals surface area contributed by atoms with Crippen LogP contribution in [0.15, 0.2) is 0 Å². The molecule has 0 heterocycles. The van der Waals surface area contributed by atoms with Crippen LogP contribution in [-0.4, -0.2) is 54.4 Å². The van der Waals surface area contributed by atoms with Crippen molar-refractivity contribution in [3.05, 3.63) is 0 Å². The summed E-state index contributed by atoms with van der Waals surface area (Å²) in [6.45, 7) is 2.29. The van der Waals surface area contributed by atoms with Crippen LogP contribution in [0, 0.1) is 0 Å². The number of hydrogen-bond donors (Lipinski definition) is 2. The van der Waals surface area contributed by atoms with Gasteiger partial charge in [0.15, 0.2) is 0 Å². The van der Waals surface area contributed by atoms with Gasteiger partial charge in [-0.15, -0.1) is 0 Å². The van der Waals surface area contributed by atoms with Crippen molar-refractivity contribution >= 4 is 12.0 Å². The number of carboxylic acid groups (broad SMARTS) is 1. The Morgan fingerprint density at radius 3 is 2.53 bits per heavy atom. The number of amides is 2. The maximum Gasteiger partial charge on any atom is 0.323 e. The highest BCUT2D eigenvalue weighted by molar-refractivity contribution is 5.80. The molecule has 98 valence electrons. The van der Waals surface area contributed by atoms with E-state index in [9.17, 15) is 9.59 Å². The van der Waals surface area contributed by atoms with Crippen LogP contribution in [0.25, 0.3) is 0 Å². The van der Waals surface area contributed by atoms with Crippen molar-refractivity contribution in [2.24, 2.45) is 0 Å². The molecule has 2 N–H and O–H groups in total. The average molecular weight is 244 g/mol. The highest BCUT2D eigenvalue weighted by Crippen LogP contribution is 2.30. The van der Waals surface area contributed by atoms with Crippen molar-refractivity contribution in [2.75, 3.05) is 26.8 Å². The van der Waals surface area contributed by atoms with E-state index in [4.69, 9.17) is 9.84 Å². The molecule has 1 rings (SSSR count). The molecule has 0 aromatic heterocycles. The second kappa shape index (κ2) is 5.86. The molecule has 0 radical (unpaired) electrons. The smallest absolute Gasteiger partial charge is 0.323 e. The number of rotatable bonds is 6. The van der Waals surface area contributed by atoms with Gasteiger partial charge in [0, 0.05) is 19.2 Å². The molecule has 0 aliphatic heterocycles. The van der Waals surface area contributed by atoms with E-state index in [0.717, 1.165) is 19.3 Å². The van der Waals surface area contributed by atoms with Gasteiger partial charge >= 0.3 is 12.0 Å². The molecule has 1 aliphatic carbocycles. The number of aliphatic carboxylic acids is 1. The summed E-state index contributed by atoms with van der Waals surface area (Å²) in [6, 6.07) is -0.327. The molecule has 0 spiro atoms. The number of methoxy groups -OCH3 is 1. The van der Waals surface area contributed by atoms with Crippen molar-refractivity contribution in [2.45, 2.75) is 31.7 Å². The van der Waals surface area contributed by atoms with Crippen molar-refractivity contribution in [3.8, 4) is 0 Å². The van der Waals surface area contributed by atoms with E-state index in [-0.39, 0.29) is 24.7 Å². The molecular weight excluding hydrogens is 224 g/mol. The Labute approximate surface area is 101 Å². The van der Waals surface area contributed by atoms with Gasteiger partial charge in [-0.25, -0.2) is 4.79 Å². The van der Waals surface area contributed by atoms with Gasteiger partial charge in [-0.05, 0) is 26.2 Å². The zero-order valence-electron chi connectivity index (χ0n) is 10.4. The van der Waals surface area contributed by atoms with E-state index in [0.29, 0.717) is 6.61 Å². The Morgan fingerprint density at radius 1 is 1.47 bits per heavy atom. The Hall–Kier alpha value is -1.30. The van der Waals surface area contributed by atoms with Crippen molar-refractivity contribution < 1.29 is 19.4 Å². The molecule has 0 unspecified atom stereocenters. The van der Waals surface area contributed by atoms with E-state index in [1.807, 2.05) is 6.92 Å². The Balaban J connectivity index is 2.48. The predicted octanol–water partition coefficient (Wildman–Crippen LogP) is 0.672. The summed E-state index contributed by atoms with van der Waals surface area (Å²) in [5.41, 5.74) is -0.166. The minimum absolute atomic E-state index is 0.166. The minimum Gasteiger partial charge on any atom is -0.480 e. The third-order valence-corrected chi connectivity index (χ3v) is 3.04. The van der Waals surface area contributed by atoms with E-state index in [2.05, 4.69) is 5.32 Å². The number of nitrogens with zero attached hydrogens (tertiary/aromatic N) is 1. The molecule has 2 amide bonds. The Morgan fingerprint density at radius 2 is 2.12 bits per heavy atom. The Bertz CT molecular complexity index is 289. The summed E-state index contributed by atoms with van der Waals surface area (Å²) in [4.78, 5) is 23.8. The minimum atomic E-state index is -1.02. The normalized spacial score (nSPS) is 17.1. The Kier molecular flexibility index (Phi) is 4.74. The fourth-order valence-electron chi connectivity index (χ4n) is 1.79. The monoisotopic (exact) mass is 244 g/mol. The number of nitrogens with one attached hydrogen (secondary N) is 1. The van der Waals surface area contributed by atoms with E-state index < -0.39 is 5.97 Å². The predicted molar refractivity (Wildman–Crippen MR) is 61.9 cm³/mol. The van der Waals surface area contributed by atoms with Crippen LogP contribution in [0.4, 0.5) is 4.79 Å². The van der Waals surface area contributed by atoms with Crippen LogP contribution in [0.5, 0.6) is 0 Å². The lowest BCUT2D eigenvalue weighted by atomic mass is 9.79. The standard InChI is InChI=1S/C11H20N2O4/c1-11(4-3-5-11)12-10(16)13(6-7-17-2)8-9(14)15/h3-8H2,1-2H3,(H,12,16)(H,14,15). The van der Waals surface area contributed by atoms with Gasteiger partial charge in [0.25, 0.3) is 0 Å². The van der Waals surface area contributed by atoms with Crippen LogP contribution in [0.3, 0.4) is 0 Å². The number of carboxylic acids is 1. The summed E-state index contributed by atoms with van der Waals surface area (Å²) in [5, 5.41) is 11.6. The fourth-order valence-corrected chi connectivity index (χ4v) is 1.79. The van der Waals surface area contributed by atoms with Crippen LogP contribution in [0.2, 0.25) is 0 Å². The first-order valence-corrected chi connectivity index (χ1v) is 5.75. The largest absolute Gasteiger partial charge is 0.480 e. The molecule has 0 bridgehead atoms. The van der Waals surface area contributed by atoms with E-state index >= 15 is 0 Å². The molecule has 17 heavy (non-hydrogen) atoms. The fraction of sp³-hybridized carbons (Fsp3) is 0.818. The number of carbonyl (C=O) groups is 2. The quantitative estimate of drug-likeness (QED) is 0.720. The molecule has 1 aliphatic rings. The van der Waals surface area contributed by atoms with Crippen molar-refractivity contribution in [1.82, 2.24) is 10.2 Å². The summed E-state index contributed by atoms with van der Waals surface area (Å²) in [6.07, 6.45) is 3.00. The second-order valence-corrected chi connectivity index (χ2v) is 4.65. The lowest BCUT2D eigenvalue weighted by molar-refractivity contribution is -0.137. The summed E-state index contributed by atoms with van der Waals surface area (Å²) in [5.74, 6) is -1.02. The highest BCUT2D eigenvalue weighted by atomic mass is 16.5. The van der Waals surface area contributed by atoms with Gasteiger partial charge in [-0.3, -0.25) is 4.79 Å². The van der Waals surface area contributed by atoms with Crippen molar-refractivity contribution in [1.29, 1.82) is 0 Å². The first kappa shape index (κ1) is 13.8. The molecule has 1 saturated carbocycles. The first-order chi connectivity index (χ1) is 7.97. The summed E-state index contributed by atoms with van der Waals surface area (Å²) >= 11 is 0. The topological polar surface area (TPSA) is 78.9 Å². The first-order valence-electron chi connectivity index (χ1n) is 5.75. The maximum absolute atomic E-state index is 11.9. The third-order valence-electron chi connectivity index (χ3n) is 3.04. The van der Waals surface area contributed by atoms with Crippen LogP contribution in [0.1, 0.15) is 26.2 Å². The number of ether oxygens (including phenoxy) is 1. The van der Waals surface area contributed by atoms with Gasteiger partial charge in [-0.2, -0.15) is 0 Å². The lowest BCUT2D eigenvalue weighted by Crippen LogP contribution is -2.56. The van der Waals surface area contributed by atoms with Crippen LogP contribution < -0.4 is 5.32 Å². The van der Waals surface area contributed by atoms with Crippen LogP contribution >= 0.6 is 0 Å². The third kappa shape index (κ3) is 4.22. The summed E-state index contributed by atoms with van der Waals surface area (Å²) in [7, 11) is 1.52. The van der Waals surface area contributed by atoms with E-state index in [1.54, 1.807) is 0 Å². The van der Waals surface area contributed by atoms with Gasteiger partial charge in [0.05, 0.1) is 6.61 Å². The van der Waals surface area contributed by atoms with Gasteiger partial charge in [0.2, 0.25) is 0 Å². The van der Waals surface area contributed by atoms with E-state index in [1.165, 1.54) is 12.0 Å². The van der Waals surface area contributed by atoms with Gasteiger partial charge in [-0.1, -0.05) is 0 Å². The van der Waals surface area contributed by atoms with Gasteiger partial charge in [0.1, 0.15) is 6.54 Å². The highest BCUT2D eigenvalue weighted by Gasteiger charge is 2.34. The summed E-state index contributed by atoms with van der Waals surface area (Å²) < 4.78 is 4.86. The molecule has 6 heteroatoms.